The summed E-state index contributed by atoms with van der Waals surface area (Å²) in [5.74, 6) is 2.12. The van der Waals surface area contributed by atoms with Crippen LogP contribution in [0.1, 0.15) is 31.9 Å². The SMILES string of the molecule is CCNCc1cccc(N2CC3CCC2C3)n1. The molecule has 0 radical (unpaired) electrons. The average molecular weight is 231 g/mol. The van der Waals surface area contributed by atoms with E-state index in [0.717, 1.165) is 30.7 Å². The molecule has 1 saturated carbocycles. The summed E-state index contributed by atoms with van der Waals surface area (Å²) in [5, 5.41) is 3.34. The number of hydrogen-bond donors (Lipinski definition) is 1. The summed E-state index contributed by atoms with van der Waals surface area (Å²) in [6.07, 6.45) is 4.18. The lowest BCUT2D eigenvalue weighted by molar-refractivity contribution is 0.549. The van der Waals surface area contributed by atoms with Crippen LogP contribution in [0.25, 0.3) is 0 Å². The molecule has 1 aromatic rings. The first-order valence-electron chi connectivity index (χ1n) is 6.80. The fourth-order valence-electron chi connectivity index (χ4n) is 3.18. The topological polar surface area (TPSA) is 28.2 Å². The van der Waals surface area contributed by atoms with Gasteiger partial charge in [0.2, 0.25) is 0 Å². The zero-order valence-electron chi connectivity index (χ0n) is 10.5. The van der Waals surface area contributed by atoms with Gasteiger partial charge in [0, 0.05) is 19.1 Å². The van der Waals surface area contributed by atoms with E-state index in [9.17, 15) is 0 Å². The number of hydrogen-bond acceptors (Lipinski definition) is 3. The molecule has 3 heteroatoms. The molecule has 2 atom stereocenters. The Balaban J connectivity index is 1.74. The second kappa shape index (κ2) is 4.65. The molecule has 92 valence electrons. The van der Waals surface area contributed by atoms with E-state index in [1.807, 2.05) is 0 Å². The summed E-state index contributed by atoms with van der Waals surface area (Å²) in [4.78, 5) is 7.29. The normalized spacial score (nSPS) is 26.8. The zero-order valence-corrected chi connectivity index (χ0v) is 10.5. The fourth-order valence-corrected chi connectivity index (χ4v) is 3.18. The molecule has 2 unspecified atom stereocenters. The van der Waals surface area contributed by atoms with Crippen LogP contribution < -0.4 is 10.2 Å². The molecule has 1 N–H and O–H groups in total. The van der Waals surface area contributed by atoms with Crippen molar-refractivity contribution >= 4 is 5.82 Å². The molecule has 1 aromatic heterocycles. The molecular weight excluding hydrogens is 210 g/mol. The summed E-state index contributed by atoms with van der Waals surface area (Å²) in [6, 6.07) is 7.18. The summed E-state index contributed by atoms with van der Waals surface area (Å²) in [5.41, 5.74) is 1.16. The average Bonchev–Trinajstić information content (AvgIpc) is 2.99. The Morgan fingerprint density at radius 3 is 3.06 bits per heavy atom. The molecular formula is C14H21N3. The van der Waals surface area contributed by atoms with Gasteiger partial charge in [-0.15, -0.1) is 0 Å². The molecule has 0 amide bonds. The van der Waals surface area contributed by atoms with Gasteiger partial charge in [-0.3, -0.25) is 0 Å². The zero-order chi connectivity index (χ0) is 11.7. The molecule has 0 spiro atoms. The third-order valence-corrected chi connectivity index (χ3v) is 4.05. The molecule has 2 aliphatic rings. The third-order valence-electron chi connectivity index (χ3n) is 4.05. The number of anilines is 1. The minimum absolute atomic E-state index is 0.766. The summed E-state index contributed by atoms with van der Waals surface area (Å²) in [6.45, 7) is 5.23. The van der Waals surface area contributed by atoms with Gasteiger partial charge >= 0.3 is 0 Å². The molecule has 3 rings (SSSR count). The van der Waals surface area contributed by atoms with E-state index < -0.39 is 0 Å². The Hall–Kier alpha value is -1.09. The molecule has 17 heavy (non-hydrogen) atoms. The van der Waals surface area contributed by atoms with Crippen LogP contribution >= 0.6 is 0 Å². The number of rotatable bonds is 4. The van der Waals surface area contributed by atoms with Crippen molar-refractivity contribution in [3.8, 4) is 0 Å². The van der Waals surface area contributed by atoms with Gasteiger partial charge in [-0.05, 0) is 43.9 Å². The minimum atomic E-state index is 0.766. The highest BCUT2D eigenvalue weighted by molar-refractivity contribution is 5.43. The third kappa shape index (κ3) is 2.16. The van der Waals surface area contributed by atoms with Crippen LogP contribution in [-0.4, -0.2) is 24.1 Å². The molecule has 2 bridgehead atoms. The second-order valence-electron chi connectivity index (χ2n) is 5.25. The number of pyridine rings is 1. The fraction of sp³-hybridized carbons (Fsp3) is 0.643. The molecule has 1 saturated heterocycles. The smallest absolute Gasteiger partial charge is 0.129 e. The van der Waals surface area contributed by atoms with Crippen LogP contribution in [0, 0.1) is 5.92 Å². The number of nitrogens with one attached hydrogen (secondary N) is 1. The second-order valence-corrected chi connectivity index (χ2v) is 5.25. The number of aromatic nitrogens is 1. The Kier molecular flexibility index (Phi) is 3.02. The van der Waals surface area contributed by atoms with Gasteiger partial charge in [-0.25, -0.2) is 4.98 Å². The van der Waals surface area contributed by atoms with Crippen molar-refractivity contribution in [3.05, 3.63) is 23.9 Å². The predicted molar refractivity (Wildman–Crippen MR) is 70.1 cm³/mol. The van der Waals surface area contributed by atoms with Gasteiger partial charge in [-0.2, -0.15) is 0 Å². The van der Waals surface area contributed by atoms with E-state index in [1.165, 1.54) is 31.6 Å². The van der Waals surface area contributed by atoms with Crippen LogP contribution in [0.5, 0.6) is 0 Å². The van der Waals surface area contributed by atoms with Crippen molar-refractivity contribution in [2.45, 2.75) is 38.8 Å². The summed E-state index contributed by atoms with van der Waals surface area (Å²) >= 11 is 0. The van der Waals surface area contributed by atoms with Crippen molar-refractivity contribution in [2.75, 3.05) is 18.0 Å². The monoisotopic (exact) mass is 231 g/mol. The van der Waals surface area contributed by atoms with Crippen LogP contribution in [0.4, 0.5) is 5.82 Å². The van der Waals surface area contributed by atoms with E-state index in [2.05, 4.69) is 35.3 Å². The molecule has 1 aliphatic heterocycles. The van der Waals surface area contributed by atoms with Gasteiger partial charge in [0.05, 0.1) is 5.69 Å². The highest BCUT2D eigenvalue weighted by Crippen LogP contribution is 2.39. The van der Waals surface area contributed by atoms with Gasteiger partial charge in [0.25, 0.3) is 0 Å². The molecule has 0 aromatic carbocycles. The lowest BCUT2D eigenvalue weighted by atomic mass is 10.1. The number of nitrogens with zero attached hydrogens (tertiary/aromatic N) is 2. The van der Waals surface area contributed by atoms with Crippen LogP contribution in [0.2, 0.25) is 0 Å². The van der Waals surface area contributed by atoms with Crippen LogP contribution in [0.15, 0.2) is 18.2 Å². The van der Waals surface area contributed by atoms with Crippen molar-refractivity contribution in [3.63, 3.8) is 0 Å². The number of fused-ring (bicyclic) bond motifs is 2. The Labute approximate surface area is 103 Å². The first kappa shape index (κ1) is 11.0. The maximum absolute atomic E-state index is 4.77. The van der Waals surface area contributed by atoms with Crippen molar-refractivity contribution in [2.24, 2.45) is 5.92 Å². The minimum Gasteiger partial charge on any atom is -0.353 e. The lowest BCUT2D eigenvalue weighted by Crippen LogP contribution is -2.32. The molecule has 2 heterocycles. The standard InChI is InChI=1S/C14H21N3/c1-2-15-9-12-4-3-5-14(16-12)17-10-11-6-7-13(17)8-11/h3-5,11,13,15H,2,6-10H2,1H3. The quantitative estimate of drug-likeness (QED) is 0.861. The van der Waals surface area contributed by atoms with E-state index in [0.29, 0.717) is 0 Å². The van der Waals surface area contributed by atoms with Gasteiger partial charge < -0.3 is 10.2 Å². The van der Waals surface area contributed by atoms with Crippen LogP contribution in [0.3, 0.4) is 0 Å². The molecule has 3 nitrogen and oxygen atoms in total. The highest BCUT2D eigenvalue weighted by atomic mass is 15.2. The molecule has 2 fully saturated rings. The number of piperidine rings is 1. The first-order valence-corrected chi connectivity index (χ1v) is 6.80. The summed E-state index contributed by atoms with van der Waals surface area (Å²) in [7, 11) is 0. The molecule has 1 aliphatic carbocycles. The van der Waals surface area contributed by atoms with E-state index in [4.69, 9.17) is 4.98 Å². The largest absolute Gasteiger partial charge is 0.353 e. The first-order chi connectivity index (χ1) is 8.36. The summed E-state index contributed by atoms with van der Waals surface area (Å²) < 4.78 is 0. The highest BCUT2D eigenvalue weighted by Gasteiger charge is 2.38. The van der Waals surface area contributed by atoms with Crippen molar-refractivity contribution in [1.29, 1.82) is 0 Å². The Morgan fingerprint density at radius 1 is 1.41 bits per heavy atom. The maximum atomic E-state index is 4.77. The van der Waals surface area contributed by atoms with E-state index >= 15 is 0 Å². The van der Waals surface area contributed by atoms with E-state index in [1.54, 1.807) is 0 Å². The van der Waals surface area contributed by atoms with Crippen molar-refractivity contribution < 1.29 is 0 Å². The van der Waals surface area contributed by atoms with Gasteiger partial charge in [0.15, 0.2) is 0 Å². The lowest BCUT2D eigenvalue weighted by Gasteiger charge is -2.28. The van der Waals surface area contributed by atoms with Gasteiger partial charge in [0.1, 0.15) is 5.82 Å². The van der Waals surface area contributed by atoms with Gasteiger partial charge in [-0.1, -0.05) is 13.0 Å². The maximum Gasteiger partial charge on any atom is 0.129 e. The predicted octanol–water partition coefficient (Wildman–Crippen LogP) is 2.18. The van der Waals surface area contributed by atoms with Crippen LogP contribution in [-0.2, 0) is 6.54 Å². The Bertz CT molecular complexity index is 391. The Morgan fingerprint density at radius 2 is 2.35 bits per heavy atom. The van der Waals surface area contributed by atoms with E-state index in [-0.39, 0.29) is 0 Å². The van der Waals surface area contributed by atoms with Crippen molar-refractivity contribution in [1.82, 2.24) is 10.3 Å².